The number of aliphatic hydroxyl groups excluding tert-OH is 1. The van der Waals surface area contributed by atoms with Crippen LogP contribution in [0.2, 0.25) is 0 Å². The van der Waals surface area contributed by atoms with E-state index in [2.05, 4.69) is 37.7 Å². The van der Waals surface area contributed by atoms with Crippen molar-refractivity contribution in [1.29, 1.82) is 0 Å². The Balaban J connectivity index is 2.12. The van der Waals surface area contributed by atoms with E-state index in [0.29, 0.717) is 12.0 Å². The molecule has 0 saturated carbocycles. The molecule has 1 aromatic carbocycles. The van der Waals surface area contributed by atoms with Crippen LogP contribution >= 0.6 is 0 Å². The summed E-state index contributed by atoms with van der Waals surface area (Å²) in [7, 11) is 4.29. The van der Waals surface area contributed by atoms with Crippen molar-refractivity contribution in [2.45, 2.75) is 38.5 Å². The smallest absolute Gasteiger partial charge is 0.0947 e. The van der Waals surface area contributed by atoms with Crippen LogP contribution in [0, 0.1) is 5.92 Å². The van der Waals surface area contributed by atoms with E-state index in [9.17, 15) is 5.11 Å². The summed E-state index contributed by atoms with van der Waals surface area (Å²) in [5.41, 5.74) is 1.03. The van der Waals surface area contributed by atoms with Crippen LogP contribution in [-0.2, 0) is 0 Å². The monoisotopic (exact) mass is 276 g/mol. The molecule has 1 fully saturated rings. The van der Waals surface area contributed by atoms with Gasteiger partial charge in [-0.05, 0) is 32.0 Å². The van der Waals surface area contributed by atoms with Crippen LogP contribution in [0.4, 0.5) is 0 Å². The third kappa shape index (κ3) is 3.40. The Hall–Kier alpha value is -0.900. The van der Waals surface area contributed by atoms with Gasteiger partial charge in [-0.15, -0.1) is 0 Å². The topological polar surface area (TPSA) is 26.7 Å². The van der Waals surface area contributed by atoms with Crippen molar-refractivity contribution in [3.8, 4) is 0 Å². The minimum atomic E-state index is -0.405. The summed E-state index contributed by atoms with van der Waals surface area (Å²) in [5.74, 6) is 0.436. The van der Waals surface area contributed by atoms with Crippen LogP contribution in [0.25, 0.3) is 0 Å². The highest BCUT2D eigenvalue weighted by Crippen LogP contribution is 2.29. The highest BCUT2D eigenvalue weighted by atomic mass is 16.3. The minimum Gasteiger partial charge on any atom is -0.387 e. The standard InChI is InChI=1S/C17H28N2O/c1-13(2)16(17(20)14-8-6-5-7-9-14)19-11-10-15(12-19)18(3)4/h5-9,13,15-17,20H,10-12H2,1-4H3. The number of benzene rings is 1. The number of nitrogens with zero attached hydrogens (tertiary/aromatic N) is 2. The van der Waals surface area contributed by atoms with Crippen LogP contribution < -0.4 is 0 Å². The normalized spacial score (nSPS) is 23.4. The Kier molecular flexibility index (Phi) is 5.19. The summed E-state index contributed by atoms with van der Waals surface area (Å²) in [6.45, 7) is 6.55. The quantitative estimate of drug-likeness (QED) is 0.894. The molecule has 112 valence electrons. The van der Waals surface area contributed by atoms with E-state index in [0.717, 1.165) is 18.7 Å². The molecule has 0 aliphatic carbocycles. The number of likely N-dealkylation sites (tertiary alicyclic amines) is 1. The van der Waals surface area contributed by atoms with E-state index >= 15 is 0 Å². The lowest BCUT2D eigenvalue weighted by atomic mass is 9.92. The first-order valence-electron chi connectivity index (χ1n) is 7.64. The number of aliphatic hydroxyl groups is 1. The van der Waals surface area contributed by atoms with Gasteiger partial charge in [-0.3, -0.25) is 4.90 Å². The third-order valence-corrected chi connectivity index (χ3v) is 4.49. The van der Waals surface area contributed by atoms with Crippen LogP contribution in [-0.4, -0.2) is 54.2 Å². The number of likely N-dealkylation sites (N-methyl/N-ethyl adjacent to an activating group) is 1. The predicted octanol–water partition coefficient (Wildman–Crippen LogP) is 2.38. The second-order valence-corrected chi connectivity index (χ2v) is 6.49. The van der Waals surface area contributed by atoms with Crippen molar-refractivity contribution in [1.82, 2.24) is 9.80 Å². The van der Waals surface area contributed by atoms with Gasteiger partial charge in [0.1, 0.15) is 0 Å². The van der Waals surface area contributed by atoms with Crippen LogP contribution in [0.5, 0.6) is 0 Å². The summed E-state index contributed by atoms with van der Waals surface area (Å²) in [6, 6.07) is 10.9. The Morgan fingerprint density at radius 2 is 1.85 bits per heavy atom. The summed E-state index contributed by atoms with van der Waals surface area (Å²) in [6.07, 6.45) is 0.787. The first-order valence-corrected chi connectivity index (χ1v) is 7.64. The molecule has 1 saturated heterocycles. The van der Waals surface area contributed by atoms with Crippen molar-refractivity contribution >= 4 is 0 Å². The summed E-state index contributed by atoms with van der Waals surface area (Å²) < 4.78 is 0. The highest BCUT2D eigenvalue weighted by molar-refractivity contribution is 5.19. The van der Waals surface area contributed by atoms with Gasteiger partial charge in [0.2, 0.25) is 0 Å². The van der Waals surface area contributed by atoms with Crippen molar-refractivity contribution in [3.63, 3.8) is 0 Å². The van der Waals surface area contributed by atoms with Gasteiger partial charge in [0.05, 0.1) is 6.10 Å². The summed E-state index contributed by atoms with van der Waals surface area (Å²) >= 11 is 0. The number of hydrogen-bond acceptors (Lipinski definition) is 3. The van der Waals surface area contributed by atoms with Gasteiger partial charge in [-0.2, -0.15) is 0 Å². The Bertz CT molecular complexity index is 405. The second-order valence-electron chi connectivity index (χ2n) is 6.49. The molecule has 1 aliphatic rings. The van der Waals surface area contributed by atoms with Crippen LogP contribution in [0.3, 0.4) is 0 Å². The average molecular weight is 276 g/mol. The fourth-order valence-corrected chi connectivity index (χ4v) is 3.29. The maximum Gasteiger partial charge on any atom is 0.0947 e. The largest absolute Gasteiger partial charge is 0.387 e. The van der Waals surface area contributed by atoms with Gasteiger partial charge in [0.25, 0.3) is 0 Å². The molecular formula is C17H28N2O. The Morgan fingerprint density at radius 3 is 2.35 bits per heavy atom. The molecule has 0 spiro atoms. The van der Waals surface area contributed by atoms with Gasteiger partial charge in [-0.1, -0.05) is 44.2 Å². The molecule has 1 N–H and O–H groups in total. The molecular weight excluding hydrogens is 248 g/mol. The van der Waals surface area contributed by atoms with E-state index in [1.165, 1.54) is 6.42 Å². The van der Waals surface area contributed by atoms with Gasteiger partial charge in [0.15, 0.2) is 0 Å². The molecule has 3 unspecified atom stereocenters. The van der Waals surface area contributed by atoms with E-state index in [1.807, 2.05) is 30.3 Å². The van der Waals surface area contributed by atoms with Gasteiger partial charge in [0, 0.05) is 25.2 Å². The fourth-order valence-electron chi connectivity index (χ4n) is 3.29. The zero-order valence-corrected chi connectivity index (χ0v) is 13.2. The lowest BCUT2D eigenvalue weighted by molar-refractivity contribution is 0.0321. The molecule has 0 radical (unpaired) electrons. The van der Waals surface area contributed by atoms with E-state index in [-0.39, 0.29) is 6.04 Å². The molecule has 3 atom stereocenters. The fraction of sp³-hybridized carbons (Fsp3) is 0.647. The molecule has 0 aromatic heterocycles. The highest BCUT2D eigenvalue weighted by Gasteiger charge is 2.35. The van der Waals surface area contributed by atoms with E-state index < -0.39 is 6.10 Å². The molecule has 1 aliphatic heterocycles. The SMILES string of the molecule is CC(C)C(C(O)c1ccccc1)N1CCC(N(C)C)C1. The molecule has 1 heterocycles. The molecule has 3 heteroatoms. The van der Waals surface area contributed by atoms with E-state index in [1.54, 1.807) is 0 Å². The first kappa shape index (κ1) is 15.5. The maximum atomic E-state index is 10.8. The summed E-state index contributed by atoms with van der Waals surface area (Å²) in [4.78, 5) is 4.76. The van der Waals surface area contributed by atoms with E-state index in [4.69, 9.17) is 0 Å². The van der Waals surface area contributed by atoms with Crippen LogP contribution in [0.15, 0.2) is 30.3 Å². The van der Waals surface area contributed by atoms with Gasteiger partial charge >= 0.3 is 0 Å². The van der Waals surface area contributed by atoms with Crippen LogP contribution in [0.1, 0.15) is 31.9 Å². The van der Waals surface area contributed by atoms with Crippen molar-refractivity contribution in [3.05, 3.63) is 35.9 Å². The lowest BCUT2D eigenvalue weighted by Crippen LogP contribution is -2.43. The zero-order valence-electron chi connectivity index (χ0n) is 13.2. The number of hydrogen-bond donors (Lipinski definition) is 1. The minimum absolute atomic E-state index is 0.197. The van der Waals surface area contributed by atoms with Crippen molar-refractivity contribution in [2.24, 2.45) is 5.92 Å². The molecule has 2 rings (SSSR count). The molecule has 0 amide bonds. The maximum absolute atomic E-state index is 10.8. The molecule has 20 heavy (non-hydrogen) atoms. The zero-order chi connectivity index (χ0) is 14.7. The summed E-state index contributed by atoms with van der Waals surface area (Å²) in [5, 5.41) is 10.8. The first-order chi connectivity index (χ1) is 9.50. The Morgan fingerprint density at radius 1 is 1.20 bits per heavy atom. The van der Waals surface area contributed by atoms with Gasteiger partial charge < -0.3 is 10.0 Å². The lowest BCUT2D eigenvalue weighted by Gasteiger charge is -2.35. The molecule has 1 aromatic rings. The number of rotatable bonds is 5. The second kappa shape index (κ2) is 6.70. The molecule has 3 nitrogen and oxygen atoms in total. The van der Waals surface area contributed by atoms with Gasteiger partial charge in [-0.25, -0.2) is 0 Å². The van der Waals surface area contributed by atoms with Crippen molar-refractivity contribution in [2.75, 3.05) is 27.2 Å². The van der Waals surface area contributed by atoms with Crippen molar-refractivity contribution < 1.29 is 5.11 Å². The predicted molar refractivity (Wildman–Crippen MR) is 83.7 cm³/mol. The third-order valence-electron chi connectivity index (χ3n) is 4.49. The molecule has 0 bridgehead atoms. The average Bonchev–Trinajstić information content (AvgIpc) is 2.89. The Labute approximate surface area is 123 Å².